The van der Waals surface area contributed by atoms with Crippen molar-refractivity contribution in [2.24, 2.45) is 0 Å². The first-order chi connectivity index (χ1) is 14.7. The molecule has 0 saturated carbocycles. The Morgan fingerprint density at radius 1 is 1.00 bits per heavy atom. The molecule has 3 aromatic rings. The molecule has 0 aliphatic heterocycles. The van der Waals surface area contributed by atoms with Crippen molar-refractivity contribution >= 4 is 23.2 Å². The lowest BCUT2D eigenvalue weighted by Crippen LogP contribution is -2.22. The SMILES string of the molecule is CNC(=O)c1nc[nH]c1C(O)Nc1ccc(NC(=O)c2ccc(C(F)(F)F)cc2)cc1. The van der Waals surface area contributed by atoms with Gasteiger partial charge >= 0.3 is 6.18 Å². The Kier molecular flexibility index (Phi) is 6.25. The summed E-state index contributed by atoms with van der Waals surface area (Å²) >= 11 is 0. The Hall–Kier alpha value is -3.86. The van der Waals surface area contributed by atoms with Gasteiger partial charge in [-0.1, -0.05) is 0 Å². The maximum absolute atomic E-state index is 12.6. The van der Waals surface area contributed by atoms with E-state index < -0.39 is 29.8 Å². The van der Waals surface area contributed by atoms with Gasteiger partial charge in [0.1, 0.15) is 0 Å². The van der Waals surface area contributed by atoms with Crippen LogP contribution in [0.2, 0.25) is 0 Å². The number of aliphatic hydroxyl groups excluding tert-OH is 1. The number of aromatic nitrogens is 2. The van der Waals surface area contributed by atoms with Crippen LogP contribution in [0.15, 0.2) is 54.9 Å². The Balaban J connectivity index is 1.63. The van der Waals surface area contributed by atoms with E-state index in [1.807, 2.05) is 0 Å². The molecular formula is C20H18F3N5O3. The summed E-state index contributed by atoms with van der Waals surface area (Å²) in [6.45, 7) is 0. The van der Waals surface area contributed by atoms with Gasteiger partial charge in [-0.25, -0.2) is 4.98 Å². The fourth-order valence-corrected chi connectivity index (χ4v) is 2.71. The molecule has 1 heterocycles. The monoisotopic (exact) mass is 433 g/mol. The van der Waals surface area contributed by atoms with E-state index in [1.165, 1.54) is 13.4 Å². The van der Waals surface area contributed by atoms with Gasteiger partial charge in [0.2, 0.25) is 0 Å². The second kappa shape index (κ2) is 8.88. The number of carbonyl (C=O) groups is 2. The van der Waals surface area contributed by atoms with E-state index in [2.05, 4.69) is 25.9 Å². The van der Waals surface area contributed by atoms with Gasteiger partial charge in [0.25, 0.3) is 11.8 Å². The number of hydrogen-bond acceptors (Lipinski definition) is 5. The Labute approximate surface area is 174 Å². The predicted molar refractivity (Wildman–Crippen MR) is 106 cm³/mol. The normalized spacial score (nSPS) is 12.2. The molecule has 0 bridgehead atoms. The van der Waals surface area contributed by atoms with Crippen molar-refractivity contribution < 1.29 is 27.9 Å². The quantitative estimate of drug-likeness (QED) is 0.383. The molecule has 0 spiro atoms. The van der Waals surface area contributed by atoms with Gasteiger partial charge < -0.3 is 26.0 Å². The Morgan fingerprint density at radius 3 is 2.19 bits per heavy atom. The van der Waals surface area contributed by atoms with E-state index in [4.69, 9.17) is 0 Å². The number of aromatic amines is 1. The van der Waals surface area contributed by atoms with Crippen LogP contribution in [0.4, 0.5) is 24.5 Å². The van der Waals surface area contributed by atoms with E-state index in [1.54, 1.807) is 24.3 Å². The summed E-state index contributed by atoms with van der Waals surface area (Å²) < 4.78 is 37.8. The molecule has 1 aromatic heterocycles. The fourth-order valence-electron chi connectivity index (χ4n) is 2.71. The molecule has 2 amide bonds. The highest BCUT2D eigenvalue weighted by Crippen LogP contribution is 2.29. The van der Waals surface area contributed by atoms with Crippen LogP contribution in [0.3, 0.4) is 0 Å². The largest absolute Gasteiger partial charge is 0.416 e. The smallest absolute Gasteiger partial charge is 0.368 e. The predicted octanol–water partition coefficient (Wildman–Crippen LogP) is 3.14. The van der Waals surface area contributed by atoms with Gasteiger partial charge in [-0.3, -0.25) is 9.59 Å². The fraction of sp³-hybridized carbons (Fsp3) is 0.150. The molecule has 0 aliphatic rings. The maximum Gasteiger partial charge on any atom is 0.416 e. The topological polar surface area (TPSA) is 119 Å². The molecule has 162 valence electrons. The minimum Gasteiger partial charge on any atom is -0.368 e. The number of alkyl halides is 3. The number of anilines is 2. The van der Waals surface area contributed by atoms with Crippen LogP contribution in [0, 0.1) is 0 Å². The maximum atomic E-state index is 12.6. The van der Waals surface area contributed by atoms with Crippen molar-refractivity contribution in [3.05, 3.63) is 77.4 Å². The molecule has 3 rings (SSSR count). The number of carbonyl (C=O) groups excluding carboxylic acids is 2. The van der Waals surface area contributed by atoms with E-state index in [0.717, 1.165) is 24.3 Å². The van der Waals surface area contributed by atoms with Crippen LogP contribution in [0.5, 0.6) is 0 Å². The molecule has 31 heavy (non-hydrogen) atoms. The van der Waals surface area contributed by atoms with Crippen LogP contribution in [-0.4, -0.2) is 33.9 Å². The van der Waals surface area contributed by atoms with Crippen molar-refractivity contribution in [1.29, 1.82) is 0 Å². The zero-order chi connectivity index (χ0) is 22.6. The first-order valence-electron chi connectivity index (χ1n) is 8.97. The van der Waals surface area contributed by atoms with Crippen LogP contribution >= 0.6 is 0 Å². The van der Waals surface area contributed by atoms with E-state index >= 15 is 0 Å². The lowest BCUT2D eigenvalue weighted by Gasteiger charge is -2.14. The average molecular weight is 433 g/mol. The van der Waals surface area contributed by atoms with E-state index in [0.29, 0.717) is 11.4 Å². The highest BCUT2D eigenvalue weighted by atomic mass is 19.4. The summed E-state index contributed by atoms with van der Waals surface area (Å²) in [5, 5.41) is 18.1. The summed E-state index contributed by atoms with van der Waals surface area (Å²) in [7, 11) is 1.44. The molecule has 2 aromatic carbocycles. The molecule has 8 nitrogen and oxygen atoms in total. The molecule has 0 fully saturated rings. The van der Waals surface area contributed by atoms with Crippen molar-refractivity contribution in [3.63, 3.8) is 0 Å². The van der Waals surface area contributed by atoms with Gasteiger partial charge in [-0.2, -0.15) is 13.2 Å². The second-order valence-electron chi connectivity index (χ2n) is 6.40. The number of amides is 2. The van der Waals surface area contributed by atoms with Crippen molar-refractivity contribution in [3.8, 4) is 0 Å². The van der Waals surface area contributed by atoms with Crippen LogP contribution in [0.25, 0.3) is 0 Å². The molecular weight excluding hydrogens is 415 g/mol. The lowest BCUT2D eigenvalue weighted by molar-refractivity contribution is -0.137. The Bertz CT molecular complexity index is 1060. The number of hydrogen-bond donors (Lipinski definition) is 5. The highest BCUT2D eigenvalue weighted by Gasteiger charge is 2.30. The summed E-state index contributed by atoms with van der Waals surface area (Å²) in [4.78, 5) is 30.5. The van der Waals surface area contributed by atoms with Gasteiger partial charge in [0.15, 0.2) is 11.9 Å². The molecule has 1 unspecified atom stereocenters. The summed E-state index contributed by atoms with van der Waals surface area (Å²) in [6, 6.07) is 10.1. The van der Waals surface area contributed by atoms with Crippen molar-refractivity contribution in [2.75, 3.05) is 17.7 Å². The third-order valence-corrected chi connectivity index (χ3v) is 4.30. The number of H-pyrrole nitrogens is 1. The number of benzene rings is 2. The lowest BCUT2D eigenvalue weighted by atomic mass is 10.1. The summed E-state index contributed by atoms with van der Waals surface area (Å²) in [5.41, 5.74) is 0.346. The average Bonchev–Trinajstić information content (AvgIpc) is 3.24. The van der Waals surface area contributed by atoms with Gasteiger partial charge in [0, 0.05) is 24.0 Å². The van der Waals surface area contributed by atoms with Crippen molar-refractivity contribution in [1.82, 2.24) is 15.3 Å². The third kappa shape index (κ3) is 5.20. The zero-order valence-electron chi connectivity index (χ0n) is 16.1. The number of rotatable bonds is 6. The summed E-state index contributed by atoms with van der Waals surface area (Å²) in [6.07, 6.45) is -4.44. The van der Waals surface area contributed by atoms with Crippen LogP contribution in [-0.2, 0) is 6.18 Å². The van der Waals surface area contributed by atoms with Crippen LogP contribution < -0.4 is 16.0 Å². The van der Waals surface area contributed by atoms with Crippen molar-refractivity contribution in [2.45, 2.75) is 12.4 Å². The number of aliphatic hydroxyl groups is 1. The Morgan fingerprint density at radius 2 is 1.61 bits per heavy atom. The number of nitrogens with one attached hydrogen (secondary N) is 4. The highest BCUT2D eigenvalue weighted by molar-refractivity contribution is 6.04. The minimum absolute atomic E-state index is 0.0444. The molecule has 1 atom stereocenters. The van der Waals surface area contributed by atoms with Gasteiger partial charge in [0.05, 0.1) is 17.6 Å². The van der Waals surface area contributed by atoms with Gasteiger partial charge in [-0.15, -0.1) is 0 Å². The zero-order valence-corrected chi connectivity index (χ0v) is 16.1. The molecule has 5 N–H and O–H groups in total. The molecule has 0 aliphatic carbocycles. The van der Waals surface area contributed by atoms with E-state index in [-0.39, 0.29) is 17.0 Å². The van der Waals surface area contributed by atoms with E-state index in [9.17, 15) is 27.9 Å². The third-order valence-electron chi connectivity index (χ3n) is 4.30. The summed E-state index contributed by atoms with van der Waals surface area (Å²) in [5.74, 6) is -1.03. The number of nitrogens with zero attached hydrogens (tertiary/aromatic N) is 1. The molecule has 11 heteroatoms. The van der Waals surface area contributed by atoms with Crippen LogP contribution in [0.1, 0.15) is 38.3 Å². The standard InChI is InChI=1S/C20H18F3N5O3/c1-24-18(30)15-16(26-10-25-15)19(31)28-14-8-6-13(7-9-14)27-17(29)11-2-4-12(5-3-11)20(21,22)23/h2-10,19,28,31H,1H3,(H,24,30)(H,25,26)(H,27,29). The molecule has 0 radical (unpaired) electrons. The molecule has 0 saturated heterocycles. The number of imidazole rings is 1. The minimum atomic E-state index is -4.47. The first-order valence-corrected chi connectivity index (χ1v) is 8.97. The second-order valence-corrected chi connectivity index (χ2v) is 6.40. The number of halogens is 3. The van der Waals surface area contributed by atoms with Gasteiger partial charge in [-0.05, 0) is 48.5 Å². The first kappa shape index (κ1) is 21.8.